The third-order valence-corrected chi connectivity index (χ3v) is 3.14. The molecule has 0 heterocycles. The summed E-state index contributed by atoms with van der Waals surface area (Å²) in [6.45, 7) is 0.894. The summed E-state index contributed by atoms with van der Waals surface area (Å²) in [5.41, 5.74) is -0.829. The minimum atomic E-state index is -4.66. The molecule has 0 saturated heterocycles. The smallest absolute Gasteiger partial charge is 0.312 e. The van der Waals surface area contributed by atoms with Crippen LogP contribution >= 0.6 is 11.8 Å². The van der Waals surface area contributed by atoms with Crippen molar-refractivity contribution in [1.29, 1.82) is 0 Å². The van der Waals surface area contributed by atoms with Crippen LogP contribution in [0.5, 0.6) is 0 Å². The molecule has 19 heavy (non-hydrogen) atoms. The highest BCUT2D eigenvalue weighted by Gasteiger charge is 2.34. The zero-order valence-electron chi connectivity index (χ0n) is 10.1. The van der Waals surface area contributed by atoms with E-state index in [1.807, 2.05) is 0 Å². The highest BCUT2D eigenvalue weighted by molar-refractivity contribution is 7.99. The predicted octanol–water partition coefficient (Wildman–Crippen LogP) is 3.30. The molecule has 0 aliphatic carbocycles. The average molecular weight is 291 g/mol. The van der Waals surface area contributed by atoms with Crippen molar-refractivity contribution < 1.29 is 17.6 Å². The summed E-state index contributed by atoms with van der Waals surface area (Å²) < 4.78 is 50.5. The molecule has 0 aromatic heterocycles. The van der Waals surface area contributed by atoms with Crippen LogP contribution in [0.15, 0.2) is 18.2 Å². The molecule has 0 unspecified atom stereocenters. The van der Waals surface area contributed by atoms with E-state index in [9.17, 15) is 17.6 Å². The summed E-state index contributed by atoms with van der Waals surface area (Å²) in [6.07, 6.45) is 0.409. The summed E-state index contributed by atoms with van der Waals surface area (Å²) in [5.74, 6) is 2.61. The number of rotatable bonds is 6. The van der Waals surface area contributed by atoms with Gasteiger partial charge in [-0.15, -0.1) is 18.2 Å². The SMILES string of the molecule is C#CCSCCNCc1ccc(F)c(C(F)(F)F)c1. The summed E-state index contributed by atoms with van der Waals surface area (Å²) in [6, 6.07) is 3.01. The molecule has 0 atom stereocenters. The van der Waals surface area contributed by atoms with Crippen LogP contribution in [-0.2, 0) is 12.7 Å². The minimum Gasteiger partial charge on any atom is -0.312 e. The molecule has 0 bridgehead atoms. The maximum absolute atomic E-state index is 13.0. The fourth-order valence-electron chi connectivity index (χ4n) is 1.41. The van der Waals surface area contributed by atoms with Crippen LogP contribution in [0.1, 0.15) is 11.1 Å². The molecule has 0 saturated carbocycles. The number of halogens is 4. The lowest BCUT2D eigenvalue weighted by Gasteiger charge is -2.10. The summed E-state index contributed by atoms with van der Waals surface area (Å²) in [5, 5.41) is 2.98. The summed E-state index contributed by atoms with van der Waals surface area (Å²) in [4.78, 5) is 0. The molecular weight excluding hydrogens is 278 g/mol. The Balaban J connectivity index is 2.49. The molecule has 0 aliphatic rings. The third kappa shape index (κ3) is 5.53. The number of hydrogen-bond acceptors (Lipinski definition) is 2. The number of terminal acetylenes is 1. The summed E-state index contributed by atoms with van der Waals surface area (Å²) in [7, 11) is 0. The second-order valence-electron chi connectivity index (χ2n) is 3.75. The highest BCUT2D eigenvalue weighted by Crippen LogP contribution is 2.31. The fraction of sp³-hybridized carbons (Fsp3) is 0.385. The van der Waals surface area contributed by atoms with Gasteiger partial charge >= 0.3 is 6.18 Å². The first-order valence-corrected chi connectivity index (χ1v) is 6.68. The highest BCUT2D eigenvalue weighted by atomic mass is 32.2. The predicted molar refractivity (Wildman–Crippen MR) is 69.3 cm³/mol. The molecule has 0 amide bonds. The molecule has 1 aromatic rings. The van der Waals surface area contributed by atoms with E-state index >= 15 is 0 Å². The fourth-order valence-corrected chi connectivity index (χ4v) is 1.96. The van der Waals surface area contributed by atoms with Gasteiger partial charge in [-0.25, -0.2) is 4.39 Å². The Bertz CT molecular complexity index is 451. The van der Waals surface area contributed by atoms with E-state index in [0.29, 0.717) is 17.9 Å². The number of benzene rings is 1. The van der Waals surface area contributed by atoms with Gasteiger partial charge in [0.2, 0.25) is 0 Å². The van der Waals surface area contributed by atoms with Crippen molar-refractivity contribution in [2.24, 2.45) is 0 Å². The van der Waals surface area contributed by atoms with Crippen LogP contribution in [0.25, 0.3) is 0 Å². The molecule has 0 aliphatic heterocycles. The van der Waals surface area contributed by atoms with Gasteiger partial charge in [-0.2, -0.15) is 13.2 Å². The number of hydrogen-bond donors (Lipinski definition) is 1. The number of nitrogens with one attached hydrogen (secondary N) is 1. The Kier molecular flexibility index (Phi) is 6.19. The first kappa shape index (κ1) is 15.9. The van der Waals surface area contributed by atoms with Gasteiger partial charge in [-0.3, -0.25) is 0 Å². The van der Waals surface area contributed by atoms with Crippen molar-refractivity contribution in [2.45, 2.75) is 12.7 Å². The van der Waals surface area contributed by atoms with Gasteiger partial charge in [-0.1, -0.05) is 12.0 Å². The number of alkyl halides is 3. The van der Waals surface area contributed by atoms with E-state index in [4.69, 9.17) is 6.42 Å². The van der Waals surface area contributed by atoms with E-state index in [0.717, 1.165) is 17.9 Å². The van der Waals surface area contributed by atoms with Gasteiger partial charge in [0.1, 0.15) is 5.82 Å². The van der Waals surface area contributed by atoms with E-state index < -0.39 is 17.6 Å². The Hall–Kier alpha value is -1.19. The van der Waals surface area contributed by atoms with Gasteiger partial charge < -0.3 is 5.32 Å². The molecular formula is C13H13F4NS. The van der Waals surface area contributed by atoms with Crippen LogP contribution < -0.4 is 5.32 Å². The summed E-state index contributed by atoms with van der Waals surface area (Å²) >= 11 is 1.56. The van der Waals surface area contributed by atoms with Crippen LogP contribution in [0.3, 0.4) is 0 Å². The maximum Gasteiger partial charge on any atom is 0.419 e. The van der Waals surface area contributed by atoms with Crippen molar-refractivity contribution >= 4 is 11.8 Å². The molecule has 1 N–H and O–H groups in total. The van der Waals surface area contributed by atoms with Crippen molar-refractivity contribution in [3.8, 4) is 12.3 Å². The molecule has 6 heteroatoms. The number of thioether (sulfide) groups is 1. The first-order chi connectivity index (χ1) is 8.95. The van der Waals surface area contributed by atoms with Crippen molar-refractivity contribution in [2.75, 3.05) is 18.1 Å². The Labute approximate surface area is 113 Å². The molecule has 1 nitrogen and oxygen atoms in total. The Morgan fingerprint density at radius 2 is 2.05 bits per heavy atom. The van der Waals surface area contributed by atoms with Gasteiger partial charge in [-0.05, 0) is 17.7 Å². The quantitative estimate of drug-likeness (QED) is 0.490. The lowest BCUT2D eigenvalue weighted by atomic mass is 10.1. The van der Waals surface area contributed by atoms with Gasteiger partial charge in [0.05, 0.1) is 11.3 Å². The van der Waals surface area contributed by atoms with E-state index in [1.165, 1.54) is 6.07 Å². The Morgan fingerprint density at radius 1 is 1.32 bits per heavy atom. The monoisotopic (exact) mass is 291 g/mol. The standard InChI is InChI=1S/C13H13F4NS/c1-2-6-19-7-5-18-9-10-3-4-12(14)11(8-10)13(15,16)17/h1,3-4,8,18H,5-7,9H2. The molecule has 1 rings (SSSR count). The zero-order chi connectivity index (χ0) is 14.3. The lowest BCUT2D eigenvalue weighted by Crippen LogP contribution is -2.17. The third-order valence-electron chi connectivity index (χ3n) is 2.27. The molecule has 0 spiro atoms. The van der Waals surface area contributed by atoms with Gasteiger partial charge in [0.15, 0.2) is 0 Å². The average Bonchev–Trinajstić information content (AvgIpc) is 2.34. The van der Waals surface area contributed by atoms with E-state index in [-0.39, 0.29) is 6.54 Å². The normalized spacial score (nSPS) is 11.3. The Morgan fingerprint density at radius 3 is 2.68 bits per heavy atom. The molecule has 104 valence electrons. The second-order valence-corrected chi connectivity index (χ2v) is 4.85. The molecule has 0 radical (unpaired) electrons. The minimum absolute atomic E-state index is 0.264. The molecule has 1 aromatic carbocycles. The van der Waals surface area contributed by atoms with Gasteiger partial charge in [0.25, 0.3) is 0 Å². The second kappa shape index (κ2) is 7.41. The maximum atomic E-state index is 13.0. The van der Waals surface area contributed by atoms with Crippen LogP contribution in [0.2, 0.25) is 0 Å². The van der Waals surface area contributed by atoms with Gasteiger partial charge in [0, 0.05) is 18.8 Å². The first-order valence-electron chi connectivity index (χ1n) is 5.52. The van der Waals surface area contributed by atoms with Crippen molar-refractivity contribution in [3.63, 3.8) is 0 Å². The lowest BCUT2D eigenvalue weighted by molar-refractivity contribution is -0.140. The molecule has 0 fully saturated rings. The topological polar surface area (TPSA) is 12.0 Å². The van der Waals surface area contributed by atoms with Crippen molar-refractivity contribution in [1.82, 2.24) is 5.32 Å². The van der Waals surface area contributed by atoms with Crippen LogP contribution in [0, 0.1) is 18.2 Å². The van der Waals surface area contributed by atoms with Crippen LogP contribution in [0.4, 0.5) is 17.6 Å². The van der Waals surface area contributed by atoms with E-state index in [1.54, 1.807) is 11.8 Å². The largest absolute Gasteiger partial charge is 0.419 e. The van der Waals surface area contributed by atoms with Crippen molar-refractivity contribution in [3.05, 3.63) is 35.1 Å². The zero-order valence-corrected chi connectivity index (χ0v) is 10.9. The van der Waals surface area contributed by atoms with Crippen LogP contribution in [-0.4, -0.2) is 18.1 Å². The van der Waals surface area contributed by atoms with E-state index in [2.05, 4.69) is 11.2 Å².